The highest BCUT2D eigenvalue weighted by molar-refractivity contribution is 7.92. The van der Waals surface area contributed by atoms with Crippen molar-refractivity contribution in [2.24, 2.45) is 5.92 Å². The van der Waals surface area contributed by atoms with E-state index in [1.807, 2.05) is 13.8 Å². The molecule has 2 amide bonds. The molecule has 1 atom stereocenters. The van der Waals surface area contributed by atoms with Crippen LogP contribution < -0.4 is 14.4 Å². The first-order valence-electron chi connectivity index (χ1n) is 11.5. The number of methoxy groups -OCH3 is 1. The summed E-state index contributed by atoms with van der Waals surface area (Å²) < 4.78 is 44.9. The lowest BCUT2D eigenvalue weighted by molar-refractivity contribution is -0.140. The number of carbonyl (C=O) groups is 2. The standard InChI is InChI=1S/C25H33ClFN3O5S/c1-6-23(25(32)28-14-17(2)3)29(15-18-7-10-20(35-4)11-8-18)24(31)16-30(36(5,33)34)19-9-12-22(27)21(26)13-19/h7-13,17,23H,6,14-16H2,1-5H3,(H,28,32)/t23-/m1/s1. The number of sulfonamides is 1. The molecule has 0 spiro atoms. The molecule has 2 aromatic carbocycles. The van der Waals surface area contributed by atoms with Gasteiger partial charge in [0.15, 0.2) is 0 Å². The van der Waals surface area contributed by atoms with Gasteiger partial charge in [0, 0.05) is 13.1 Å². The van der Waals surface area contributed by atoms with Gasteiger partial charge >= 0.3 is 0 Å². The number of hydrogen-bond donors (Lipinski definition) is 1. The highest BCUT2D eigenvalue weighted by Gasteiger charge is 2.32. The van der Waals surface area contributed by atoms with Crippen LogP contribution in [-0.4, -0.2) is 57.6 Å². The lowest BCUT2D eigenvalue weighted by Crippen LogP contribution is -2.52. The molecule has 2 aromatic rings. The van der Waals surface area contributed by atoms with Crippen molar-refractivity contribution in [3.05, 3.63) is 58.9 Å². The van der Waals surface area contributed by atoms with Gasteiger partial charge in [-0.3, -0.25) is 13.9 Å². The fraction of sp³-hybridized carbons (Fsp3) is 0.440. The molecule has 2 rings (SSSR count). The van der Waals surface area contributed by atoms with Gasteiger partial charge in [0.2, 0.25) is 21.8 Å². The van der Waals surface area contributed by atoms with Crippen LogP contribution in [-0.2, 0) is 26.2 Å². The number of amides is 2. The molecule has 198 valence electrons. The molecular formula is C25H33ClFN3O5S. The number of rotatable bonds is 12. The molecule has 0 bridgehead atoms. The topological polar surface area (TPSA) is 96.0 Å². The normalized spacial score (nSPS) is 12.2. The third-order valence-corrected chi connectivity index (χ3v) is 6.88. The summed E-state index contributed by atoms with van der Waals surface area (Å²) in [7, 11) is -2.40. The summed E-state index contributed by atoms with van der Waals surface area (Å²) in [5.41, 5.74) is 0.772. The Bertz CT molecular complexity index is 1160. The van der Waals surface area contributed by atoms with Crippen LogP contribution in [0.1, 0.15) is 32.8 Å². The predicted molar refractivity (Wildman–Crippen MR) is 139 cm³/mol. The van der Waals surface area contributed by atoms with E-state index in [4.69, 9.17) is 16.3 Å². The average Bonchev–Trinajstić information content (AvgIpc) is 2.82. The lowest BCUT2D eigenvalue weighted by Gasteiger charge is -2.33. The minimum Gasteiger partial charge on any atom is -0.497 e. The van der Waals surface area contributed by atoms with Crippen LogP contribution in [0.5, 0.6) is 5.75 Å². The lowest BCUT2D eigenvalue weighted by atomic mass is 10.1. The van der Waals surface area contributed by atoms with Crippen molar-refractivity contribution in [3.63, 3.8) is 0 Å². The van der Waals surface area contributed by atoms with Crippen molar-refractivity contribution in [1.29, 1.82) is 0 Å². The minimum absolute atomic E-state index is 0.0407. The van der Waals surface area contributed by atoms with Gasteiger partial charge in [-0.25, -0.2) is 12.8 Å². The van der Waals surface area contributed by atoms with Crippen molar-refractivity contribution < 1.29 is 27.1 Å². The molecule has 0 heterocycles. The zero-order valence-corrected chi connectivity index (χ0v) is 22.7. The van der Waals surface area contributed by atoms with Crippen LogP contribution in [0.4, 0.5) is 10.1 Å². The van der Waals surface area contributed by atoms with Gasteiger partial charge in [-0.05, 0) is 48.2 Å². The third-order valence-electron chi connectivity index (χ3n) is 5.45. The first kappa shape index (κ1) is 29.4. The molecular weight excluding hydrogens is 509 g/mol. The maximum absolute atomic E-state index is 13.7. The van der Waals surface area contributed by atoms with Crippen LogP contribution in [0.2, 0.25) is 5.02 Å². The third kappa shape index (κ3) is 8.09. The minimum atomic E-state index is -3.94. The van der Waals surface area contributed by atoms with Crippen molar-refractivity contribution in [2.45, 2.75) is 39.8 Å². The van der Waals surface area contributed by atoms with E-state index in [1.165, 1.54) is 11.0 Å². The molecule has 0 radical (unpaired) electrons. The summed E-state index contributed by atoms with van der Waals surface area (Å²) in [5.74, 6) is -0.794. The average molecular weight is 542 g/mol. The van der Waals surface area contributed by atoms with Gasteiger partial charge in [-0.1, -0.05) is 44.5 Å². The van der Waals surface area contributed by atoms with Gasteiger partial charge < -0.3 is 15.0 Å². The highest BCUT2D eigenvalue weighted by Crippen LogP contribution is 2.25. The summed E-state index contributed by atoms with van der Waals surface area (Å²) >= 11 is 5.86. The highest BCUT2D eigenvalue weighted by atomic mass is 35.5. The number of halogens is 2. The van der Waals surface area contributed by atoms with Crippen molar-refractivity contribution in [2.75, 3.05) is 30.8 Å². The monoisotopic (exact) mass is 541 g/mol. The smallest absolute Gasteiger partial charge is 0.244 e. The summed E-state index contributed by atoms with van der Waals surface area (Å²) in [6.07, 6.45) is 1.26. The molecule has 0 unspecified atom stereocenters. The zero-order valence-electron chi connectivity index (χ0n) is 21.1. The van der Waals surface area contributed by atoms with Gasteiger partial charge in [0.05, 0.1) is 24.1 Å². The van der Waals surface area contributed by atoms with E-state index in [0.717, 1.165) is 28.3 Å². The number of benzene rings is 2. The van der Waals surface area contributed by atoms with E-state index in [-0.39, 0.29) is 29.1 Å². The van der Waals surface area contributed by atoms with E-state index in [1.54, 1.807) is 38.3 Å². The predicted octanol–water partition coefficient (Wildman–Crippen LogP) is 3.83. The van der Waals surface area contributed by atoms with E-state index in [9.17, 15) is 22.4 Å². The second-order valence-corrected chi connectivity index (χ2v) is 11.1. The SMILES string of the molecule is CC[C@H](C(=O)NCC(C)C)N(Cc1ccc(OC)cc1)C(=O)CN(c1ccc(F)c(Cl)c1)S(C)(=O)=O. The van der Waals surface area contributed by atoms with E-state index >= 15 is 0 Å². The maximum atomic E-state index is 13.7. The largest absolute Gasteiger partial charge is 0.497 e. The van der Waals surface area contributed by atoms with Gasteiger partial charge in [-0.2, -0.15) is 0 Å². The second-order valence-electron chi connectivity index (χ2n) is 8.80. The molecule has 0 fully saturated rings. The summed E-state index contributed by atoms with van der Waals surface area (Å²) in [4.78, 5) is 28.0. The fourth-order valence-corrected chi connectivity index (χ4v) is 4.54. The summed E-state index contributed by atoms with van der Waals surface area (Å²) in [6, 6.07) is 9.59. The Labute approximate surface area is 217 Å². The van der Waals surface area contributed by atoms with Gasteiger partial charge in [0.25, 0.3) is 0 Å². The fourth-order valence-electron chi connectivity index (χ4n) is 3.52. The summed E-state index contributed by atoms with van der Waals surface area (Å²) in [6.45, 7) is 5.60. The van der Waals surface area contributed by atoms with Crippen LogP contribution in [0.15, 0.2) is 42.5 Å². The van der Waals surface area contributed by atoms with Gasteiger partial charge in [0.1, 0.15) is 24.2 Å². The Morgan fingerprint density at radius 3 is 2.28 bits per heavy atom. The van der Waals surface area contributed by atoms with Crippen LogP contribution in [0, 0.1) is 11.7 Å². The number of hydrogen-bond acceptors (Lipinski definition) is 5. The number of nitrogens with one attached hydrogen (secondary N) is 1. The first-order valence-corrected chi connectivity index (χ1v) is 13.7. The van der Waals surface area contributed by atoms with Crippen molar-refractivity contribution in [3.8, 4) is 5.75 Å². The van der Waals surface area contributed by atoms with Crippen LogP contribution in [0.3, 0.4) is 0 Å². The number of carbonyl (C=O) groups excluding carboxylic acids is 2. The summed E-state index contributed by atoms with van der Waals surface area (Å²) in [5, 5.41) is 2.58. The van der Waals surface area contributed by atoms with Crippen LogP contribution >= 0.6 is 11.6 Å². The molecule has 1 N–H and O–H groups in total. The molecule has 8 nitrogen and oxygen atoms in total. The van der Waals surface area contributed by atoms with E-state index < -0.39 is 34.3 Å². The Hall–Kier alpha value is -2.85. The molecule has 0 aliphatic carbocycles. The molecule has 0 aliphatic rings. The molecule has 11 heteroatoms. The molecule has 0 saturated carbocycles. The molecule has 0 aliphatic heterocycles. The van der Waals surface area contributed by atoms with Gasteiger partial charge in [-0.15, -0.1) is 0 Å². The Morgan fingerprint density at radius 1 is 1.14 bits per heavy atom. The molecule has 0 saturated heterocycles. The quantitative estimate of drug-likeness (QED) is 0.440. The Balaban J connectivity index is 2.43. The first-order chi connectivity index (χ1) is 16.9. The second kappa shape index (κ2) is 12.9. The van der Waals surface area contributed by atoms with Crippen LogP contribution in [0.25, 0.3) is 0 Å². The Kier molecular flexibility index (Phi) is 10.5. The number of nitrogens with zero attached hydrogens (tertiary/aromatic N) is 2. The van der Waals surface area contributed by atoms with E-state index in [2.05, 4.69) is 5.32 Å². The maximum Gasteiger partial charge on any atom is 0.244 e. The zero-order chi connectivity index (χ0) is 27.0. The van der Waals surface area contributed by atoms with Crippen molar-refractivity contribution >= 4 is 39.1 Å². The van der Waals surface area contributed by atoms with Crippen molar-refractivity contribution in [1.82, 2.24) is 10.2 Å². The number of ether oxygens (including phenoxy) is 1. The van der Waals surface area contributed by atoms with E-state index in [0.29, 0.717) is 18.7 Å². The number of anilines is 1. The Morgan fingerprint density at radius 2 is 1.78 bits per heavy atom. The molecule has 0 aromatic heterocycles. The molecule has 36 heavy (non-hydrogen) atoms.